The average molecular weight is 350 g/mol. The Morgan fingerprint density at radius 2 is 2.14 bits per heavy atom. The lowest BCUT2D eigenvalue weighted by Crippen LogP contribution is -1.95. The van der Waals surface area contributed by atoms with Gasteiger partial charge in [-0.1, -0.05) is 53.4 Å². The molecule has 0 radical (unpaired) electrons. The number of thioether (sulfide) groups is 1. The first-order valence-electron chi connectivity index (χ1n) is 6.86. The Kier molecular flexibility index (Phi) is 5.01. The SMILES string of the molecule is CCCc1noc(CSc2nn(-c3ccccc3)c(=S)s2)n1. The van der Waals surface area contributed by atoms with Crippen molar-refractivity contribution >= 4 is 35.3 Å². The molecule has 22 heavy (non-hydrogen) atoms. The largest absolute Gasteiger partial charge is 0.338 e. The maximum atomic E-state index is 5.38. The van der Waals surface area contributed by atoms with E-state index in [2.05, 4.69) is 22.2 Å². The van der Waals surface area contributed by atoms with Crippen LogP contribution in [0.25, 0.3) is 5.69 Å². The Morgan fingerprint density at radius 3 is 2.91 bits per heavy atom. The molecule has 0 unspecified atom stereocenters. The number of nitrogens with zero attached hydrogens (tertiary/aromatic N) is 4. The van der Waals surface area contributed by atoms with Crippen molar-refractivity contribution in [3.05, 3.63) is 46.0 Å². The molecule has 5 nitrogen and oxygen atoms in total. The second-order valence-electron chi connectivity index (χ2n) is 4.52. The summed E-state index contributed by atoms with van der Waals surface area (Å²) in [5.74, 6) is 2.00. The van der Waals surface area contributed by atoms with Crippen molar-refractivity contribution in [1.82, 2.24) is 19.9 Å². The van der Waals surface area contributed by atoms with Gasteiger partial charge in [-0.05, 0) is 30.8 Å². The van der Waals surface area contributed by atoms with Gasteiger partial charge in [-0.15, -0.1) is 5.10 Å². The molecule has 3 aromatic rings. The van der Waals surface area contributed by atoms with Gasteiger partial charge in [0, 0.05) is 6.42 Å². The molecule has 114 valence electrons. The summed E-state index contributed by atoms with van der Waals surface area (Å²) < 4.78 is 8.62. The van der Waals surface area contributed by atoms with Gasteiger partial charge in [-0.3, -0.25) is 0 Å². The van der Waals surface area contributed by atoms with Crippen molar-refractivity contribution < 1.29 is 4.52 Å². The highest BCUT2D eigenvalue weighted by Gasteiger charge is 2.10. The van der Waals surface area contributed by atoms with Crippen LogP contribution < -0.4 is 0 Å². The van der Waals surface area contributed by atoms with E-state index < -0.39 is 0 Å². The van der Waals surface area contributed by atoms with Gasteiger partial charge in [0.15, 0.2) is 14.1 Å². The Balaban J connectivity index is 1.70. The molecule has 0 aliphatic heterocycles. The van der Waals surface area contributed by atoms with Crippen LogP contribution in [0.4, 0.5) is 0 Å². The number of aromatic nitrogens is 4. The van der Waals surface area contributed by atoms with Crippen LogP contribution in [0.2, 0.25) is 0 Å². The van der Waals surface area contributed by atoms with Crippen LogP contribution in [0.15, 0.2) is 39.2 Å². The second-order valence-corrected chi connectivity index (χ2v) is 7.37. The Labute approximate surface area is 141 Å². The first kappa shape index (κ1) is 15.4. The summed E-state index contributed by atoms with van der Waals surface area (Å²) in [6.07, 6.45) is 1.85. The number of rotatable bonds is 6. The Bertz CT molecular complexity index is 794. The fourth-order valence-electron chi connectivity index (χ4n) is 1.85. The normalized spacial score (nSPS) is 11.0. The number of benzene rings is 1. The van der Waals surface area contributed by atoms with E-state index in [1.807, 2.05) is 30.3 Å². The van der Waals surface area contributed by atoms with Crippen LogP contribution in [0.5, 0.6) is 0 Å². The standard InChI is InChI=1S/C14H14N4OS3/c1-2-6-11-15-12(19-17-11)9-21-13-16-18(14(20)22-13)10-7-4-3-5-8-10/h3-5,7-8H,2,6,9H2,1H3. The molecule has 0 fully saturated rings. The molecule has 0 atom stereocenters. The zero-order valence-corrected chi connectivity index (χ0v) is 14.4. The molecular weight excluding hydrogens is 336 g/mol. The maximum Gasteiger partial charge on any atom is 0.237 e. The quantitative estimate of drug-likeness (QED) is 0.488. The second kappa shape index (κ2) is 7.17. The zero-order valence-electron chi connectivity index (χ0n) is 11.9. The van der Waals surface area contributed by atoms with E-state index in [4.69, 9.17) is 16.7 Å². The molecule has 0 amide bonds. The molecular formula is C14H14N4OS3. The maximum absolute atomic E-state index is 5.38. The van der Waals surface area contributed by atoms with Gasteiger partial charge in [-0.2, -0.15) is 4.98 Å². The third-order valence-corrected chi connectivity index (χ3v) is 5.18. The van der Waals surface area contributed by atoms with E-state index in [-0.39, 0.29) is 0 Å². The van der Waals surface area contributed by atoms with Gasteiger partial charge in [-0.25, -0.2) is 4.68 Å². The van der Waals surface area contributed by atoms with Crippen molar-refractivity contribution in [1.29, 1.82) is 0 Å². The lowest BCUT2D eigenvalue weighted by molar-refractivity contribution is 0.384. The molecule has 2 aromatic heterocycles. The first-order chi connectivity index (χ1) is 10.8. The predicted octanol–water partition coefficient (Wildman–Crippen LogP) is 4.29. The van der Waals surface area contributed by atoms with Gasteiger partial charge < -0.3 is 4.52 Å². The molecule has 3 rings (SSSR count). The Morgan fingerprint density at radius 1 is 1.32 bits per heavy atom. The molecule has 0 saturated carbocycles. The molecule has 2 heterocycles. The van der Waals surface area contributed by atoms with Gasteiger partial charge in [0.05, 0.1) is 11.4 Å². The minimum absolute atomic E-state index is 0.605. The lowest BCUT2D eigenvalue weighted by atomic mass is 10.3. The van der Waals surface area contributed by atoms with Gasteiger partial charge >= 0.3 is 0 Å². The number of aryl methyl sites for hydroxylation is 1. The molecule has 0 bridgehead atoms. The molecule has 0 aliphatic carbocycles. The Hall–Kier alpha value is -1.51. The zero-order chi connectivity index (χ0) is 15.4. The van der Waals surface area contributed by atoms with Crippen LogP contribution in [0, 0.1) is 3.95 Å². The fraction of sp³-hybridized carbons (Fsp3) is 0.286. The topological polar surface area (TPSA) is 56.7 Å². The summed E-state index contributed by atoms with van der Waals surface area (Å²) in [4.78, 5) is 4.35. The number of hydrogen-bond donors (Lipinski definition) is 0. The third-order valence-electron chi connectivity index (χ3n) is 2.83. The van der Waals surface area contributed by atoms with Crippen molar-refractivity contribution in [2.45, 2.75) is 29.9 Å². The highest BCUT2D eigenvalue weighted by atomic mass is 32.2. The van der Waals surface area contributed by atoms with Crippen molar-refractivity contribution in [2.24, 2.45) is 0 Å². The van der Waals surface area contributed by atoms with Gasteiger partial charge in [0.1, 0.15) is 0 Å². The summed E-state index contributed by atoms with van der Waals surface area (Å²) in [5, 5.41) is 8.49. The molecule has 8 heteroatoms. The minimum atomic E-state index is 0.605. The lowest BCUT2D eigenvalue weighted by Gasteiger charge is -1.98. The van der Waals surface area contributed by atoms with E-state index in [1.165, 1.54) is 11.3 Å². The molecule has 0 saturated heterocycles. The minimum Gasteiger partial charge on any atom is -0.338 e. The van der Waals surface area contributed by atoms with E-state index in [9.17, 15) is 0 Å². The van der Waals surface area contributed by atoms with Gasteiger partial charge in [0.2, 0.25) is 5.89 Å². The van der Waals surface area contributed by atoms with E-state index in [0.717, 1.165) is 32.6 Å². The summed E-state index contributed by atoms with van der Waals surface area (Å²) in [6.45, 7) is 2.09. The van der Waals surface area contributed by atoms with E-state index in [0.29, 0.717) is 11.6 Å². The van der Waals surface area contributed by atoms with Crippen LogP contribution in [0.3, 0.4) is 0 Å². The van der Waals surface area contributed by atoms with Crippen LogP contribution in [-0.2, 0) is 12.2 Å². The van der Waals surface area contributed by atoms with E-state index >= 15 is 0 Å². The smallest absolute Gasteiger partial charge is 0.237 e. The average Bonchev–Trinajstić information content (AvgIpc) is 3.13. The highest BCUT2D eigenvalue weighted by Crippen LogP contribution is 2.26. The van der Waals surface area contributed by atoms with Crippen molar-refractivity contribution in [2.75, 3.05) is 0 Å². The highest BCUT2D eigenvalue weighted by molar-refractivity contribution is 8.00. The number of para-hydroxylation sites is 1. The molecule has 0 spiro atoms. The van der Waals surface area contributed by atoms with Crippen molar-refractivity contribution in [3.8, 4) is 5.69 Å². The summed E-state index contributed by atoms with van der Waals surface area (Å²) in [6, 6.07) is 9.88. The van der Waals surface area contributed by atoms with Gasteiger partial charge in [0.25, 0.3) is 0 Å². The van der Waals surface area contributed by atoms with Crippen molar-refractivity contribution in [3.63, 3.8) is 0 Å². The predicted molar refractivity (Wildman–Crippen MR) is 90.1 cm³/mol. The molecule has 1 aromatic carbocycles. The van der Waals surface area contributed by atoms with Crippen LogP contribution in [-0.4, -0.2) is 19.9 Å². The summed E-state index contributed by atoms with van der Waals surface area (Å²) in [7, 11) is 0. The first-order valence-corrected chi connectivity index (χ1v) is 9.07. The fourth-order valence-corrected chi connectivity index (χ4v) is 4.05. The van der Waals surface area contributed by atoms with E-state index in [1.54, 1.807) is 16.4 Å². The van der Waals surface area contributed by atoms with Crippen LogP contribution in [0.1, 0.15) is 25.1 Å². The summed E-state index contributed by atoms with van der Waals surface area (Å²) >= 11 is 8.42. The summed E-state index contributed by atoms with van der Waals surface area (Å²) in [5.41, 5.74) is 0.971. The molecule has 0 aliphatic rings. The van der Waals surface area contributed by atoms with Crippen LogP contribution >= 0.6 is 35.3 Å². The monoisotopic (exact) mass is 350 g/mol. The number of hydrogen-bond acceptors (Lipinski definition) is 7. The molecule has 0 N–H and O–H groups in total. The third kappa shape index (κ3) is 3.63.